The molecule has 0 aliphatic heterocycles. The van der Waals surface area contributed by atoms with Gasteiger partial charge in [0.25, 0.3) is 0 Å². The Labute approximate surface area is 73.7 Å². The van der Waals surface area contributed by atoms with Gasteiger partial charge >= 0.3 is 0 Å². The van der Waals surface area contributed by atoms with Gasteiger partial charge in [-0.25, -0.2) is 0 Å². The highest BCUT2D eigenvalue weighted by Crippen LogP contribution is 2.18. The predicted molar refractivity (Wildman–Crippen MR) is 52.0 cm³/mol. The van der Waals surface area contributed by atoms with Crippen LogP contribution in [0.25, 0.3) is 5.57 Å². The van der Waals surface area contributed by atoms with Gasteiger partial charge in [-0.2, -0.15) is 0 Å². The number of benzene rings is 1. The van der Waals surface area contributed by atoms with Gasteiger partial charge < -0.3 is 4.74 Å². The summed E-state index contributed by atoms with van der Waals surface area (Å²) in [5.74, 6) is 0.883. The first-order chi connectivity index (χ1) is 5.77. The maximum absolute atomic E-state index is 5.10. The van der Waals surface area contributed by atoms with Crippen LogP contribution in [-0.2, 0) is 0 Å². The number of allylic oxidation sites excluding steroid dienone is 2. The lowest BCUT2D eigenvalue weighted by Crippen LogP contribution is -1.84. The first-order valence-electron chi connectivity index (χ1n) is 3.88. The van der Waals surface area contributed by atoms with Crippen LogP contribution in [0.5, 0.6) is 5.75 Å². The molecule has 12 heavy (non-hydrogen) atoms. The molecule has 0 unspecified atom stereocenters. The molecular formula is C11H13O. The van der Waals surface area contributed by atoms with Gasteiger partial charge in [0.15, 0.2) is 0 Å². The van der Waals surface area contributed by atoms with Crippen molar-refractivity contribution in [2.45, 2.75) is 6.92 Å². The smallest absolute Gasteiger partial charge is 0.119 e. The summed E-state index contributed by atoms with van der Waals surface area (Å²) in [5, 5.41) is 0. The van der Waals surface area contributed by atoms with E-state index in [4.69, 9.17) is 4.74 Å². The first-order valence-corrected chi connectivity index (χ1v) is 3.88. The monoisotopic (exact) mass is 161 g/mol. The second-order valence-corrected chi connectivity index (χ2v) is 2.62. The van der Waals surface area contributed by atoms with Crippen molar-refractivity contribution in [3.8, 4) is 5.75 Å². The third kappa shape index (κ3) is 1.88. The van der Waals surface area contributed by atoms with E-state index in [0.29, 0.717) is 0 Å². The molecule has 1 heteroatoms. The second kappa shape index (κ2) is 3.96. The summed E-state index contributed by atoms with van der Waals surface area (Å²) in [4.78, 5) is 0. The van der Waals surface area contributed by atoms with Crippen molar-refractivity contribution in [2.75, 3.05) is 7.11 Å². The first kappa shape index (κ1) is 8.85. The van der Waals surface area contributed by atoms with Crippen molar-refractivity contribution in [1.82, 2.24) is 0 Å². The number of ether oxygens (including phenoxy) is 1. The molecule has 0 amide bonds. The summed E-state index contributed by atoms with van der Waals surface area (Å²) in [5.41, 5.74) is 2.32. The van der Waals surface area contributed by atoms with Gasteiger partial charge in [-0.3, -0.25) is 0 Å². The van der Waals surface area contributed by atoms with Crippen LogP contribution in [0.3, 0.4) is 0 Å². The predicted octanol–water partition coefficient (Wildman–Crippen LogP) is 2.93. The highest BCUT2D eigenvalue weighted by Gasteiger charge is 1.95. The maximum Gasteiger partial charge on any atom is 0.119 e. The summed E-state index contributed by atoms with van der Waals surface area (Å²) >= 11 is 0. The fourth-order valence-corrected chi connectivity index (χ4v) is 0.986. The molecule has 0 N–H and O–H groups in total. The largest absolute Gasteiger partial charge is 0.497 e. The summed E-state index contributed by atoms with van der Waals surface area (Å²) in [6, 6.07) is 7.94. The van der Waals surface area contributed by atoms with Crippen molar-refractivity contribution in [1.29, 1.82) is 0 Å². The number of rotatable bonds is 2. The highest BCUT2D eigenvalue weighted by atomic mass is 16.5. The van der Waals surface area contributed by atoms with Crippen molar-refractivity contribution >= 4 is 5.57 Å². The molecule has 0 saturated heterocycles. The molecule has 0 saturated carbocycles. The van der Waals surface area contributed by atoms with E-state index in [-0.39, 0.29) is 0 Å². The molecule has 0 atom stereocenters. The van der Waals surface area contributed by atoms with E-state index in [1.54, 1.807) is 7.11 Å². The number of hydrogen-bond acceptors (Lipinski definition) is 1. The van der Waals surface area contributed by atoms with Crippen LogP contribution < -0.4 is 4.74 Å². The number of hydrogen-bond donors (Lipinski definition) is 0. The zero-order valence-electron chi connectivity index (χ0n) is 7.50. The molecule has 1 aromatic rings. The minimum atomic E-state index is 0.883. The lowest BCUT2D eigenvalue weighted by Gasteiger charge is -2.03. The van der Waals surface area contributed by atoms with Crippen LogP contribution in [0.4, 0.5) is 0 Å². The molecule has 1 aromatic carbocycles. The molecule has 1 radical (unpaired) electrons. The minimum absolute atomic E-state index is 0.883. The third-order valence-corrected chi connectivity index (χ3v) is 1.83. The molecule has 0 bridgehead atoms. The quantitative estimate of drug-likeness (QED) is 0.648. The topological polar surface area (TPSA) is 9.23 Å². The summed E-state index contributed by atoms with van der Waals surface area (Å²) < 4.78 is 5.10. The Bertz CT molecular complexity index is 287. The van der Waals surface area contributed by atoms with E-state index in [9.17, 15) is 0 Å². The van der Waals surface area contributed by atoms with Gasteiger partial charge in [0.1, 0.15) is 5.75 Å². The standard InChI is InChI=1S/C11H13O/c1-4-9(2)10-6-5-7-11(8-10)12-3/h4-8H,1H2,2-3H3/b9-4-. The van der Waals surface area contributed by atoms with Crippen LogP contribution in [0.1, 0.15) is 12.5 Å². The van der Waals surface area contributed by atoms with Crippen molar-refractivity contribution in [3.63, 3.8) is 0 Å². The van der Waals surface area contributed by atoms with Crippen LogP contribution >= 0.6 is 0 Å². The molecular weight excluding hydrogens is 148 g/mol. The van der Waals surface area contributed by atoms with Gasteiger partial charge in [-0.1, -0.05) is 18.2 Å². The van der Waals surface area contributed by atoms with E-state index >= 15 is 0 Å². The molecule has 0 spiro atoms. The summed E-state index contributed by atoms with van der Waals surface area (Å²) in [6.07, 6.45) is 1.84. The Kier molecular flexibility index (Phi) is 2.92. The maximum atomic E-state index is 5.10. The lowest BCUT2D eigenvalue weighted by atomic mass is 10.1. The van der Waals surface area contributed by atoms with Crippen molar-refractivity contribution < 1.29 is 4.74 Å². The average Bonchev–Trinajstić information content (AvgIpc) is 2.17. The molecule has 0 heterocycles. The Hall–Kier alpha value is -1.24. The van der Waals surface area contributed by atoms with Gasteiger partial charge in [0, 0.05) is 0 Å². The van der Waals surface area contributed by atoms with E-state index in [1.807, 2.05) is 37.3 Å². The fraction of sp³-hybridized carbons (Fsp3) is 0.182. The molecule has 1 nitrogen and oxygen atoms in total. The summed E-state index contributed by atoms with van der Waals surface area (Å²) in [7, 11) is 1.67. The zero-order valence-corrected chi connectivity index (χ0v) is 7.50. The van der Waals surface area contributed by atoms with E-state index in [0.717, 1.165) is 16.9 Å². The van der Waals surface area contributed by atoms with E-state index < -0.39 is 0 Å². The molecule has 0 fully saturated rings. The Morgan fingerprint density at radius 3 is 2.83 bits per heavy atom. The Morgan fingerprint density at radius 2 is 2.25 bits per heavy atom. The zero-order chi connectivity index (χ0) is 8.97. The van der Waals surface area contributed by atoms with Gasteiger partial charge in [0.2, 0.25) is 0 Å². The van der Waals surface area contributed by atoms with E-state index in [1.165, 1.54) is 0 Å². The molecule has 0 aliphatic rings. The van der Waals surface area contributed by atoms with Gasteiger partial charge in [-0.15, -0.1) is 0 Å². The lowest BCUT2D eigenvalue weighted by molar-refractivity contribution is 0.414. The Morgan fingerprint density at radius 1 is 1.50 bits per heavy atom. The third-order valence-electron chi connectivity index (χ3n) is 1.83. The minimum Gasteiger partial charge on any atom is -0.497 e. The number of methoxy groups -OCH3 is 1. The fourth-order valence-electron chi connectivity index (χ4n) is 0.986. The SMILES string of the molecule is [CH2]/C=C(/C)c1cccc(OC)c1. The Balaban J connectivity index is 3.02. The second-order valence-electron chi connectivity index (χ2n) is 2.62. The summed E-state index contributed by atoms with van der Waals surface area (Å²) in [6.45, 7) is 5.74. The molecule has 0 aromatic heterocycles. The van der Waals surface area contributed by atoms with Crippen LogP contribution in [0, 0.1) is 6.92 Å². The van der Waals surface area contributed by atoms with Crippen LogP contribution in [0.2, 0.25) is 0 Å². The normalized spacial score (nSPS) is 11.4. The molecule has 63 valence electrons. The highest BCUT2D eigenvalue weighted by molar-refractivity contribution is 5.65. The average molecular weight is 161 g/mol. The van der Waals surface area contributed by atoms with Gasteiger partial charge in [-0.05, 0) is 37.1 Å². The van der Waals surface area contributed by atoms with Gasteiger partial charge in [0.05, 0.1) is 7.11 Å². The van der Waals surface area contributed by atoms with Crippen molar-refractivity contribution in [3.05, 3.63) is 42.8 Å². The molecule has 1 rings (SSSR count). The van der Waals surface area contributed by atoms with Crippen LogP contribution in [0.15, 0.2) is 30.3 Å². The van der Waals surface area contributed by atoms with E-state index in [2.05, 4.69) is 6.92 Å². The molecule has 0 aliphatic carbocycles. The van der Waals surface area contributed by atoms with Crippen LogP contribution in [-0.4, -0.2) is 7.11 Å². The van der Waals surface area contributed by atoms with Crippen molar-refractivity contribution in [2.24, 2.45) is 0 Å².